The van der Waals surface area contributed by atoms with Gasteiger partial charge in [0.2, 0.25) is 15.9 Å². The first kappa shape index (κ1) is 17.5. The molecule has 0 aliphatic heterocycles. The Labute approximate surface area is 126 Å². The quantitative estimate of drug-likeness (QED) is 0.705. The van der Waals surface area contributed by atoms with Crippen LogP contribution < -0.4 is 15.4 Å². The molecule has 0 aliphatic rings. The van der Waals surface area contributed by atoms with Crippen LogP contribution in [0.5, 0.6) is 0 Å². The first-order chi connectivity index (χ1) is 9.81. The van der Waals surface area contributed by atoms with Crippen molar-refractivity contribution in [2.45, 2.75) is 32.1 Å². The molecule has 0 heterocycles. The third kappa shape index (κ3) is 4.71. The predicted molar refractivity (Wildman–Crippen MR) is 84.0 cm³/mol. The standard InChI is InChI=1S/C14H23N3O3S/c1-5-6-16-13(18)9-17-21(19,20)14-10(2)7-12(15-4)8-11(14)3/h7-8,15,17H,5-6,9H2,1-4H3,(H,16,18). The Morgan fingerprint density at radius 3 is 2.24 bits per heavy atom. The molecule has 0 aromatic heterocycles. The van der Waals surface area contributed by atoms with Gasteiger partial charge in [0.05, 0.1) is 11.4 Å². The van der Waals surface area contributed by atoms with E-state index in [4.69, 9.17) is 0 Å². The van der Waals surface area contributed by atoms with Crippen molar-refractivity contribution in [1.82, 2.24) is 10.0 Å². The van der Waals surface area contributed by atoms with Crippen molar-refractivity contribution in [3.05, 3.63) is 23.3 Å². The van der Waals surface area contributed by atoms with Crippen LogP contribution in [0.2, 0.25) is 0 Å². The van der Waals surface area contributed by atoms with Crippen LogP contribution in [0.1, 0.15) is 24.5 Å². The number of amides is 1. The summed E-state index contributed by atoms with van der Waals surface area (Å²) in [6.07, 6.45) is 0.808. The van der Waals surface area contributed by atoms with Crippen molar-refractivity contribution in [2.24, 2.45) is 0 Å². The molecule has 1 amide bonds. The second kappa shape index (κ2) is 7.42. The number of nitrogens with one attached hydrogen (secondary N) is 3. The molecule has 118 valence electrons. The summed E-state index contributed by atoms with van der Waals surface area (Å²) >= 11 is 0. The molecule has 1 aromatic carbocycles. The second-order valence-corrected chi connectivity index (χ2v) is 6.57. The lowest BCUT2D eigenvalue weighted by Crippen LogP contribution is -2.37. The average molecular weight is 313 g/mol. The van der Waals surface area contributed by atoms with E-state index in [1.165, 1.54) is 0 Å². The molecule has 0 unspecified atom stereocenters. The average Bonchev–Trinajstić information content (AvgIpc) is 2.41. The van der Waals surface area contributed by atoms with Crippen LogP contribution in [-0.4, -0.2) is 34.5 Å². The summed E-state index contributed by atoms with van der Waals surface area (Å²) in [5.74, 6) is -0.331. The number of anilines is 1. The van der Waals surface area contributed by atoms with Crippen LogP contribution in [0.4, 0.5) is 5.69 Å². The van der Waals surface area contributed by atoms with Crippen LogP contribution in [-0.2, 0) is 14.8 Å². The Kier molecular flexibility index (Phi) is 6.17. The van der Waals surface area contributed by atoms with E-state index in [2.05, 4.69) is 15.4 Å². The fraction of sp³-hybridized carbons (Fsp3) is 0.500. The second-order valence-electron chi connectivity index (χ2n) is 4.86. The van der Waals surface area contributed by atoms with Gasteiger partial charge in [-0.15, -0.1) is 0 Å². The van der Waals surface area contributed by atoms with E-state index in [0.29, 0.717) is 17.7 Å². The van der Waals surface area contributed by atoms with E-state index < -0.39 is 10.0 Å². The van der Waals surface area contributed by atoms with Gasteiger partial charge in [-0.1, -0.05) is 6.92 Å². The van der Waals surface area contributed by atoms with Gasteiger partial charge in [0.1, 0.15) is 0 Å². The molecule has 0 atom stereocenters. The van der Waals surface area contributed by atoms with Crippen molar-refractivity contribution in [3.63, 3.8) is 0 Å². The van der Waals surface area contributed by atoms with Gasteiger partial charge >= 0.3 is 0 Å². The highest BCUT2D eigenvalue weighted by Gasteiger charge is 2.20. The summed E-state index contributed by atoms with van der Waals surface area (Å²) in [7, 11) is -1.93. The summed E-state index contributed by atoms with van der Waals surface area (Å²) in [5, 5.41) is 5.61. The van der Waals surface area contributed by atoms with Gasteiger partial charge in [-0.2, -0.15) is 0 Å². The molecule has 0 bridgehead atoms. The van der Waals surface area contributed by atoms with E-state index in [1.54, 1.807) is 33.0 Å². The SMILES string of the molecule is CCCNC(=O)CNS(=O)(=O)c1c(C)cc(NC)cc1C. The van der Waals surface area contributed by atoms with E-state index in [9.17, 15) is 13.2 Å². The first-order valence-electron chi connectivity index (χ1n) is 6.87. The van der Waals surface area contributed by atoms with E-state index in [-0.39, 0.29) is 17.3 Å². The monoisotopic (exact) mass is 313 g/mol. The number of rotatable bonds is 7. The third-order valence-electron chi connectivity index (χ3n) is 3.01. The lowest BCUT2D eigenvalue weighted by molar-refractivity contribution is -0.119. The Morgan fingerprint density at radius 2 is 1.76 bits per heavy atom. The van der Waals surface area contributed by atoms with Gasteiger partial charge in [-0.25, -0.2) is 13.1 Å². The van der Waals surface area contributed by atoms with Crippen LogP contribution in [0.3, 0.4) is 0 Å². The molecular weight excluding hydrogens is 290 g/mol. The minimum absolute atomic E-state index is 0.227. The maximum atomic E-state index is 12.3. The largest absolute Gasteiger partial charge is 0.388 e. The van der Waals surface area contributed by atoms with Gasteiger partial charge in [0, 0.05) is 19.3 Å². The molecule has 0 saturated heterocycles. The minimum Gasteiger partial charge on any atom is -0.388 e. The van der Waals surface area contributed by atoms with Crippen LogP contribution in [0.15, 0.2) is 17.0 Å². The van der Waals surface area contributed by atoms with Crippen LogP contribution in [0, 0.1) is 13.8 Å². The molecule has 7 heteroatoms. The summed E-state index contributed by atoms with van der Waals surface area (Å²) in [4.78, 5) is 11.7. The molecule has 1 rings (SSSR count). The maximum Gasteiger partial charge on any atom is 0.241 e. The summed E-state index contributed by atoms with van der Waals surface area (Å²) < 4.78 is 27.0. The number of hydrogen-bond acceptors (Lipinski definition) is 4. The molecule has 0 aliphatic carbocycles. The molecule has 3 N–H and O–H groups in total. The fourth-order valence-electron chi connectivity index (χ4n) is 2.08. The van der Waals surface area contributed by atoms with E-state index in [0.717, 1.165) is 12.1 Å². The number of aryl methyl sites for hydroxylation is 2. The smallest absolute Gasteiger partial charge is 0.241 e. The van der Waals surface area contributed by atoms with Crippen LogP contribution >= 0.6 is 0 Å². The number of benzene rings is 1. The molecule has 21 heavy (non-hydrogen) atoms. The predicted octanol–water partition coefficient (Wildman–Crippen LogP) is 1.15. The Hall–Kier alpha value is -1.60. The van der Waals surface area contributed by atoms with Gasteiger partial charge in [-0.3, -0.25) is 4.79 Å². The van der Waals surface area contributed by atoms with Gasteiger partial charge in [-0.05, 0) is 43.5 Å². The van der Waals surface area contributed by atoms with Gasteiger partial charge < -0.3 is 10.6 Å². The zero-order valence-electron chi connectivity index (χ0n) is 12.9. The molecule has 0 saturated carbocycles. The summed E-state index contributed by atoms with van der Waals surface area (Å²) in [6, 6.07) is 3.53. The molecular formula is C14H23N3O3S. The van der Waals surface area contributed by atoms with E-state index >= 15 is 0 Å². The van der Waals surface area contributed by atoms with Crippen molar-refractivity contribution in [1.29, 1.82) is 0 Å². The van der Waals surface area contributed by atoms with E-state index in [1.807, 2.05) is 6.92 Å². The Balaban J connectivity index is 2.91. The van der Waals surface area contributed by atoms with Crippen molar-refractivity contribution in [2.75, 3.05) is 25.5 Å². The number of carbonyl (C=O) groups is 1. The molecule has 0 fully saturated rings. The Bertz CT molecular complexity index is 589. The lowest BCUT2D eigenvalue weighted by Gasteiger charge is -2.14. The van der Waals surface area contributed by atoms with Crippen LogP contribution in [0.25, 0.3) is 0 Å². The molecule has 1 aromatic rings. The molecule has 0 radical (unpaired) electrons. The van der Waals surface area contributed by atoms with Crippen molar-refractivity contribution >= 4 is 21.6 Å². The number of carbonyl (C=O) groups excluding carboxylic acids is 1. The zero-order valence-corrected chi connectivity index (χ0v) is 13.7. The van der Waals surface area contributed by atoms with Crippen molar-refractivity contribution < 1.29 is 13.2 Å². The summed E-state index contributed by atoms with van der Waals surface area (Å²) in [5.41, 5.74) is 2.13. The fourth-order valence-corrected chi connectivity index (χ4v) is 3.51. The maximum absolute atomic E-state index is 12.3. The topological polar surface area (TPSA) is 87.3 Å². The molecule has 0 spiro atoms. The summed E-state index contributed by atoms with van der Waals surface area (Å²) in [6.45, 7) is 5.68. The number of sulfonamides is 1. The van der Waals surface area contributed by atoms with Gasteiger partial charge in [0.25, 0.3) is 0 Å². The highest BCUT2D eigenvalue weighted by atomic mass is 32.2. The third-order valence-corrected chi connectivity index (χ3v) is 4.72. The lowest BCUT2D eigenvalue weighted by atomic mass is 10.1. The Morgan fingerprint density at radius 1 is 1.19 bits per heavy atom. The minimum atomic E-state index is -3.71. The van der Waals surface area contributed by atoms with Gasteiger partial charge in [0.15, 0.2) is 0 Å². The normalized spacial score (nSPS) is 11.2. The highest BCUT2D eigenvalue weighted by Crippen LogP contribution is 2.23. The number of hydrogen-bond donors (Lipinski definition) is 3. The van der Waals surface area contributed by atoms with Crippen molar-refractivity contribution in [3.8, 4) is 0 Å². The highest BCUT2D eigenvalue weighted by molar-refractivity contribution is 7.89. The zero-order chi connectivity index (χ0) is 16.0. The first-order valence-corrected chi connectivity index (χ1v) is 8.35. The molecule has 6 nitrogen and oxygen atoms in total.